The number of halogens is 1. The molecule has 2 N–H and O–H groups in total. The minimum Gasteiger partial charge on any atom is -0.465 e. The predicted molar refractivity (Wildman–Crippen MR) is 128 cm³/mol. The van der Waals surface area contributed by atoms with Crippen molar-refractivity contribution in [2.45, 2.75) is 6.92 Å². The first-order valence-electron chi connectivity index (χ1n) is 9.99. The van der Waals surface area contributed by atoms with Gasteiger partial charge in [-0.3, -0.25) is 0 Å². The van der Waals surface area contributed by atoms with Crippen LogP contribution >= 0.6 is 11.6 Å². The van der Waals surface area contributed by atoms with Crippen molar-refractivity contribution in [2.75, 3.05) is 14.2 Å². The molecule has 2 aromatic heterocycles. The molecule has 4 rings (SSSR count). The van der Waals surface area contributed by atoms with E-state index in [4.69, 9.17) is 21.6 Å². The summed E-state index contributed by atoms with van der Waals surface area (Å²) in [5, 5.41) is 18.7. The maximum absolute atomic E-state index is 11.4. The molecule has 0 spiro atoms. The summed E-state index contributed by atoms with van der Waals surface area (Å²) in [7, 11) is 1.14. The zero-order valence-corrected chi connectivity index (χ0v) is 19.4. The summed E-state index contributed by atoms with van der Waals surface area (Å²) in [5.41, 5.74) is 3.67. The van der Waals surface area contributed by atoms with Gasteiger partial charge in [-0.1, -0.05) is 12.1 Å². The lowest BCUT2D eigenvalue weighted by Gasteiger charge is -2.06. The van der Waals surface area contributed by atoms with Crippen molar-refractivity contribution in [3.63, 3.8) is 0 Å². The lowest BCUT2D eigenvalue weighted by molar-refractivity contribution is 0.0592. The zero-order valence-electron chi connectivity index (χ0n) is 18.6. The molecule has 2 heterocycles. The largest absolute Gasteiger partial charge is 0.488 e. The van der Waals surface area contributed by atoms with Crippen LogP contribution in [-0.2, 0) is 9.47 Å². The van der Waals surface area contributed by atoms with Gasteiger partial charge in [-0.25, -0.2) is 14.6 Å². The molecule has 0 amide bonds. The van der Waals surface area contributed by atoms with Crippen molar-refractivity contribution in [3.05, 3.63) is 82.9 Å². The molecule has 4 aromatic rings. The molecule has 9 nitrogen and oxygen atoms in total. The smallest absolute Gasteiger partial charge is 0.465 e. The Morgan fingerprint density at radius 3 is 1.91 bits per heavy atom. The van der Waals surface area contributed by atoms with Gasteiger partial charge in [-0.2, -0.15) is 4.98 Å². The van der Waals surface area contributed by atoms with Crippen LogP contribution in [0.4, 0.5) is 0 Å². The molecule has 0 aliphatic rings. The van der Waals surface area contributed by atoms with Crippen LogP contribution in [0, 0.1) is 6.92 Å². The molecule has 0 aliphatic heterocycles. The zero-order chi connectivity index (χ0) is 24.8. The Morgan fingerprint density at radius 2 is 1.41 bits per heavy atom. The van der Waals surface area contributed by atoms with Gasteiger partial charge >= 0.3 is 19.1 Å². The van der Waals surface area contributed by atoms with Gasteiger partial charge in [0.15, 0.2) is 0 Å². The topological polar surface area (TPSA) is 124 Å². The van der Waals surface area contributed by atoms with Crippen molar-refractivity contribution in [1.82, 2.24) is 14.5 Å². The van der Waals surface area contributed by atoms with Crippen molar-refractivity contribution in [3.8, 4) is 5.69 Å². The summed E-state index contributed by atoms with van der Waals surface area (Å²) >= 11 is 5.93. The van der Waals surface area contributed by atoms with Gasteiger partial charge in [-0.05, 0) is 66.5 Å². The summed E-state index contributed by atoms with van der Waals surface area (Å²) in [6, 6.07) is 14.9. The van der Waals surface area contributed by atoms with Crippen molar-refractivity contribution in [2.24, 2.45) is 0 Å². The van der Waals surface area contributed by atoms with E-state index in [2.05, 4.69) is 19.4 Å². The number of methoxy groups -OCH3 is 2. The number of rotatable bonds is 4. The van der Waals surface area contributed by atoms with Crippen LogP contribution in [0.25, 0.3) is 16.7 Å². The highest BCUT2D eigenvalue weighted by Gasteiger charge is 2.12. The number of nitrogens with zero attached hydrogens (tertiary/aromatic N) is 3. The van der Waals surface area contributed by atoms with Gasteiger partial charge in [0.2, 0.25) is 5.28 Å². The number of hydrogen-bond acceptors (Lipinski definition) is 8. The van der Waals surface area contributed by atoms with Gasteiger partial charge in [0, 0.05) is 17.3 Å². The second kappa shape index (κ2) is 10.9. The Kier molecular flexibility index (Phi) is 8.01. The number of aromatic nitrogens is 3. The Hall–Kier alpha value is -3.73. The highest BCUT2D eigenvalue weighted by atomic mass is 35.5. The fourth-order valence-corrected chi connectivity index (χ4v) is 3.33. The molecular weight excluding hydrogens is 461 g/mol. The van der Waals surface area contributed by atoms with Gasteiger partial charge < -0.3 is 24.1 Å². The Labute approximate surface area is 200 Å². The number of carbonyl (C=O) groups is 2. The first-order valence-corrected chi connectivity index (χ1v) is 10.4. The van der Waals surface area contributed by atoms with Crippen LogP contribution in [0.2, 0.25) is 5.28 Å². The molecule has 11 heteroatoms. The van der Waals surface area contributed by atoms with E-state index in [1.165, 1.54) is 38.5 Å². The molecule has 0 bridgehead atoms. The SMILES string of the molecule is COC(=O)c1ccc(-n2ccc3c(C)nc(Cl)nc32)cc1.COC(=O)c1ccc(B(O)O)cc1. The molecule has 174 valence electrons. The third kappa shape index (κ3) is 5.60. The maximum Gasteiger partial charge on any atom is 0.488 e. The number of hydrogen-bond donors (Lipinski definition) is 2. The van der Waals surface area contributed by atoms with Crippen LogP contribution in [0.5, 0.6) is 0 Å². The van der Waals surface area contributed by atoms with Gasteiger partial charge in [-0.15, -0.1) is 0 Å². The number of aryl methyl sites for hydroxylation is 1. The van der Waals surface area contributed by atoms with Crippen LogP contribution in [0.15, 0.2) is 60.8 Å². The van der Waals surface area contributed by atoms with Gasteiger partial charge in [0.05, 0.1) is 31.0 Å². The lowest BCUT2D eigenvalue weighted by Crippen LogP contribution is -2.29. The first-order chi connectivity index (χ1) is 16.2. The number of carbonyl (C=O) groups excluding carboxylic acids is 2. The minimum atomic E-state index is -1.51. The van der Waals surface area contributed by atoms with Crippen molar-refractivity contribution in [1.29, 1.82) is 0 Å². The van der Waals surface area contributed by atoms with Crippen molar-refractivity contribution >= 4 is 47.2 Å². The summed E-state index contributed by atoms with van der Waals surface area (Å²) in [5.74, 6) is -0.806. The molecule has 34 heavy (non-hydrogen) atoms. The quantitative estimate of drug-likeness (QED) is 0.259. The third-order valence-electron chi connectivity index (χ3n) is 4.90. The van der Waals surface area contributed by atoms with Crippen LogP contribution in [0.1, 0.15) is 26.4 Å². The van der Waals surface area contributed by atoms with E-state index in [9.17, 15) is 9.59 Å². The molecule has 0 saturated carbocycles. The first kappa shape index (κ1) is 24.9. The van der Waals surface area contributed by atoms with E-state index >= 15 is 0 Å². The van der Waals surface area contributed by atoms with Crippen LogP contribution < -0.4 is 5.46 Å². The monoisotopic (exact) mass is 481 g/mol. The fourth-order valence-electron chi connectivity index (χ4n) is 3.12. The van der Waals surface area contributed by atoms with E-state index in [1.807, 2.05) is 35.9 Å². The molecule has 0 aliphatic carbocycles. The summed E-state index contributed by atoms with van der Waals surface area (Å²) in [6.07, 6.45) is 1.90. The standard InChI is InChI=1S/C15H12ClN3O2.C8H9BO4/c1-9-12-7-8-19(13(12)18-15(16)17-9)11-5-3-10(4-6-11)14(20)21-2;1-13-8(10)6-2-4-7(5-3-6)9(11)12/h3-8H,1-2H3;2-5,11-12H,1H3. The average Bonchev–Trinajstić information content (AvgIpc) is 3.27. The van der Waals surface area contributed by atoms with Crippen LogP contribution in [-0.4, -0.2) is 57.9 Å². The molecule has 0 saturated heterocycles. The average molecular weight is 482 g/mol. The Bertz CT molecular complexity index is 1310. The van der Waals surface area contributed by atoms with Crippen molar-refractivity contribution < 1.29 is 29.1 Å². The van der Waals surface area contributed by atoms with Gasteiger partial charge in [0.25, 0.3) is 0 Å². The summed E-state index contributed by atoms with van der Waals surface area (Å²) < 4.78 is 11.1. The molecule has 0 unspecified atom stereocenters. The number of benzene rings is 2. The molecule has 0 fully saturated rings. The highest BCUT2D eigenvalue weighted by molar-refractivity contribution is 6.58. The Morgan fingerprint density at radius 1 is 0.882 bits per heavy atom. The predicted octanol–water partition coefficient (Wildman–Crippen LogP) is 2.32. The van der Waals surface area contributed by atoms with Gasteiger partial charge in [0.1, 0.15) is 5.65 Å². The molecule has 2 aromatic carbocycles. The lowest BCUT2D eigenvalue weighted by atomic mass is 9.80. The second-order valence-corrected chi connectivity index (χ2v) is 7.36. The summed E-state index contributed by atoms with van der Waals surface area (Å²) in [6.45, 7) is 1.89. The Balaban J connectivity index is 0.000000215. The maximum atomic E-state index is 11.4. The van der Waals surface area contributed by atoms with E-state index in [1.54, 1.807) is 12.1 Å². The normalized spacial score (nSPS) is 10.3. The number of fused-ring (bicyclic) bond motifs is 1. The van der Waals surface area contributed by atoms with E-state index in [0.717, 1.165) is 22.4 Å². The summed E-state index contributed by atoms with van der Waals surface area (Å²) in [4.78, 5) is 30.8. The third-order valence-corrected chi connectivity index (χ3v) is 5.07. The number of esters is 2. The highest BCUT2D eigenvalue weighted by Crippen LogP contribution is 2.22. The van der Waals surface area contributed by atoms with E-state index < -0.39 is 13.1 Å². The van der Waals surface area contributed by atoms with E-state index in [-0.39, 0.29) is 11.3 Å². The molecular formula is C23H21BClN3O6. The molecule has 0 atom stereocenters. The second-order valence-electron chi connectivity index (χ2n) is 7.03. The minimum absolute atomic E-state index is 0.214. The van der Waals surface area contributed by atoms with E-state index in [0.29, 0.717) is 16.6 Å². The molecule has 0 radical (unpaired) electrons. The number of ether oxygens (including phenoxy) is 2. The van der Waals surface area contributed by atoms with Crippen LogP contribution in [0.3, 0.4) is 0 Å². The fraction of sp³-hybridized carbons (Fsp3) is 0.130.